The summed E-state index contributed by atoms with van der Waals surface area (Å²) in [6.07, 6.45) is 2.87. The number of amides is 1. The van der Waals surface area contributed by atoms with Crippen molar-refractivity contribution in [2.24, 2.45) is 0 Å². The maximum Gasteiger partial charge on any atom is 0.244 e. The van der Waals surface area contributed by atoms with Gasteiger partial charge in [0.15, 0.2) is 0 Å². The molecule has 1 amide bonds. The van der Waals surface area contributed by atoms with Gasteiger partial charge in [-0.2, -0.15) is 0 Å². The molecule has 2 aromatic rings. The van der Waals surface area contributed by atoms with Crippen LogP contribution in [0, 0.1) is 5.82 Å². The summed E-state index contributed by atoms with van der Waals surface area (Å²) in [5, 5.41) is 2.71. The molecule has 0 saturated carbocycles. The number of hydrogen-bond acceptors (Lipinski definition) is 3. The van der Waals surface area contributed by atoms with Crippen molar-refractivity contribution in [1.29, 1.82) is 0 Å². The van der Waals surface area contributed by atoms with Gasteiger partial charge in [-0.05, 0) is 41.9 Å². The number of nitrogens with one attached hydrogen (secondary N) is 2. The molecule has 0 unspecified atom stereocenters. The van der Waals surface area contributed by atoms with Crippen LogP contribution in [0.2, 0.25) is 0 Å². The second kappa shape index (κ2) is 8.55. The monoisotopic (exact) mass is 362 g/mol. The smallest absolute Gasteiger partial charge is 0.244 e. The van der Waals surface area contributed by atoms with Crippen LogP contribution in [0.3, 0.4) is 0 Å². The Balaban J connectivity index is 1.87. The number of benzene rings is 2. The van der Waals surface area contributed by atoms with Crippen LogP contribution >= 0.6 is 0 Å². The van der Waals surface area contributed by atoms with Crippen LogP contribution in [0.15, 0.2) is 54.6 Å². The Labute approximate surface area is 146 Å². The average molecular weight is 362 g/mol. The largest absolute Gasteiger partial charge is 0.348 e. The van der Waals surface area contributed by atoms with E-state index in [1.54, 1.807) is 36.4 Å². The summed E-state index contributed by atoms with van der Waals surface area (Å²) in [4.78, 5) is 11.8. The fraction of sp³-hybridized carbons (Fsp3) is 0.167. The SMILES string of the molecule is CNS(=O)(=O)Cc1ccc(CNC(=O)/C=C/c2cccc(F)c2)cc1. The van der Waals surface area contributed by atoms with Crippen molar-refractivity contribution >= 4 is 22.0 Å². The molecule has 0 radical (unpaired) electrons. The molecule has 0 heterocycles. The highest BCUT2D eigenvalue weighted by molar-refractivity contribution is 7.88. The fourth-order valence-electron chi connectivity index (χ4n) is 2.08. The van der Waals surface area contributed by atoms with Crippen LogP contribution in [0.1, 0.15) is 16.7 Å². The summed E-state index contributed by atoms with van der Waals surface area (Å²) in [5.74, 6) is -0.749. The molecule has 0 aliphatic heterocycles. The Morgan fingerprint density at radius 2 is 1.80 bits per heavy atom. The third-order valence-corrected chi connectivity index (χ3v) is 4.77. The molecule has 5 nitrogen and oxygen atoms in total. The van der Waals surface area contributed by atoms with Crippen molar-refractivity contribution in [2.45, 2.75) is 12.3 Å². The fourth-order valence-corrected chi connectivity index (χ4v) is 2.85. The lowest BCUT2D eigenvalue weighted by Crippen LogP contribution is -2.21. The maximum absolute atomic E-state index is 13.0. The van der Waals surface area contributed by atoms with E-state index in [9.17, 15) is 17.6 Å². The molecule has 0 fully saturated rings. The van der Waals surface area contributed by atoms with Gasteiger partial charge in [-0.25, -0.2) is 17.5 Å². The molecule has 0 aromatic heterocycles. The third-order valence-electron chi connectivity index (χ3n) is 3.43. The molecule has 0 atom stereocenters. The third kappa shape index (κ3) is 6.48. The minimum atomic E-state index is -3.30. The molecule has 0 bridgehead atoms. The summed E-state index contributed by atoms with van der Waals surface area (Å²) >= 11 is 0. The van der Waals surface area contributed by atoms with Crippen LogP contribution in [-0.4, -0.2) is 21.4 Å². The molecule has 0 aliphatic rings. The van der Waals surface area contributed by atoms with Gasteiger partial charge in [0.05, 0.1) is 5.75 Å². The summed E-state index contributed by atoms with van der Waals surface area (Å²) in [7, 11) is -1.93. The summed E-state index contributed by atoms with van der Waals surface area (Å²) in [6.45, 7) is 0.311. The van der Waals surface area contributed by atoms with Gasteiger partial charge in [-0.3, -0.25) is 4.79 Å². The van der Waals surface area contributed by atoms with Gasteiger partial charge in [0, 0.05) is 12.6 Å². The predicted octanol–water partition coefficient (Wildman–Crippen LogP) is 2.20. The number of sulfonamides is 1. The van der Waals surface area contributed by atoms with Crippen molar-refractivity contribution in [2.75, 3.05) is 7.05 Å². The first kappa shape index (κ1) is 18.8. The quantitative estimate of drug-likeness (QED) is 0.742. The van der Waals surface area contributed by atoms with Crippen LogP contribution < -0.4 is 10.0 Å². The Kier molecular flexibility index (Phi) is 6.44. The Bertz CT molecular complexity index is 862. The maximum atomic E-state index is 13.0. The Morgan fingerprint density at radius 1 is 1.12 bits per heavy atom. The van der Waals surface area contributed by atoms with Gasteiger partial charge < -0.3 is 5.32 Å². The van der Waals surface area contributed by atoms with E-state index in [4.69, 9.17) is 0 Å². The highest BCUT2D eigenvalue weighted by Gasteiger charge is 2.08. The number of halogens is 1. The first-order chi connectivity index (χ1) is 11.9. The van der Waals surface area contributed by atoms with E-state index in [0.29, 0.717) is 17.7 Å². The van der Waals surface area contributed by atoms with Crippen molar-refractivity contribution in [3.8, 4) is 0 Å². The standard InChI is InChI=1S/C18H19FN2O3S/c1-20-25(23,24)13-16-7-5-15(6-8-16)12-21-18(22)10-9-14-3-2-4-17(19)11-14/h2-11,20H,12-13H2,1H3,(H,21,22)/b10-9+. The molecule has 2 N–H and O–H groups in total. The van der Waals surface area contributed by atoms with Gasteiger partial charge in [-0.15, -0.1) is 0 Å². The van der Waals surface area contributed by atoms with Crippen molar-refractivity contribution in [3.63, 3.8) is 0 Å². The number of carbonyl (C=O) groups excluding carboxylic acids is 1. The second-order valence-electron chi connectivity index (χ2n) is 5.39. The van der Waals surface area contributed by atoms with E-state index < -0.39 is 10.0 Å². The minimum absolute atomic E-state index is 0.0908. The van der Waals surface area contributed by atoms with E-state index >= 15 is 0 Å². The first-order valence-corrected chi connectivity index (χ1v) is 9.24. The van der Waals surface area contributed by atoms with Crippen LogP contribution in [0.25, 0.3) is 6.08 Å². The Morgan fingerprint density at radius 3 is 2.44 bits per heavy atom. The summed E-state index contributed by atoms with van der Waals surface area (Å²) < 4.78 is 38.3. The number of carbonyl (C=O) groups is 1. The van der Waals surface area contributed by atoms with Crippen LogP contribution in [0.5, 0.6) is 0 Å². The molecule has 25 heavy (non-hydrogen) atoms. The van der Waals surface area contributed by atoms with Crippen LogP contribution in [-0.2, 0) is 27.1 Å². The highest BCUT2D eigenvalue weighted by atomic mass is 32.2. The lowest BCUT2D eigenvalue weighted by Gasteiger charge is -2.06. The molecular formula is C18H19FN2O3S. The second-order valence-corrected chi connectivity index (χ2v) is 7.31. The van der Waals surface area contributed by atoms with Crippen molar-refractivity contribution in [3.05, 3.63) is 77.1 Å². The topological polar surface area (TPSA) is 75.3 Å². The molecule has 2 aromatic carbocycles. The van der Waals surface area contributed by atoms with Gasteiger partial charge in [0.2, 0.25) is 15.9 Å². The zero-order valence-electron chi connectivity index (χ0n) is 13.7. The highest BCUT2D eigenvalue weighted by Crippen LogP contribution is 2.08. The van der Waals surface area contributed by atoms with Gasteiger partial charge in [-0.1, -0.05) is 36.4 Å². The molecule has 2 rings (SSSR count). The molecule has 7 heteroatoms. The average Bonchev–Trinajstić information content (AvgIpc) is 2.59. The summed E-state index contributed by atoms with van der Waals surface area (Å²) in [5.41, 5.74) is 2.11. The molecule has 132 valence electrons. The van der Waals surface area contributed by atoms with E-state index in [1.807, 2.05) is 0 Å². The molecule has 0 saturated heterocycles. The normalized spacial score (nSPS) is 11.6. The van der Waals surface area contributed by atoms with Gasteiger partial charge in [0.25, 0.3) is 0 Å². The van der Waals surface area contributed by atoms with Gasteiger partial charge in [0.1, 0.15) is 5.82 Å². The van der Waals surface area contributed by atoms with Crippen molar-refractivity contribution < 1.29 is 17.6 Å². The Hall–Kier alpha value is -2.51. The zero-order chi connectivity index (χ0) is 18.3. The molecular weight excluding hydrogens is 343 g/mol. The predicted molar refractivity (Wildman–Crippen MR) is 95.4 cm³/mol. The number of rotatable bonds is 7. The molecule has 0 aliphatic carbocycles. The first-order valence-electron chi connectivity index (χ1n) is 7.58. The van der Waals surface area contributed by atoms with E-state index in [2.05, 4.69) is 10.0 Å². The van der Waals surface area contributed by atoms with Crippen LogP contribution in [0.4, 0.5) is 4.39 Å². The van der Waals surface area contributed by atoms with E-state index in [-0.39, 0.29) is 17.5 Å². The minimum Gasteiger partial charge on any atom is -0.348 e. The summed E-state index contributed by atoms with van der Waals surface area (Å²) in [6, 6.07) is 12.9. The van der Waals surface area contributed by atoms with Crippen molar-refractivity contribution in [1.82, 2.24) is 10.0 Å². The van der Waals surface area contributed by atoms with E-state index in [0.717, 1.165) is 5.56 Å². The molecule has 0 spiro atoms. The lowest BCUT2D eigenvalue weighted by atomic mass is 10.1. The van der Waals surface area contributed by atoms with Gasteiger partial charge >= 0.3 is 0 Å². The zero-order valence-corrected chi connectivity index (χ0v) is 14.5. The number of hydrogen-bond donors (Lipinski definition) is 2. The van der Waals surface area contributed by atoms with E-state index in [1.165, 1.54) is 31.3 Å². The lowest BCUT2D eigenvalue weighted by molar-refractivity contribution is -0.116.